The summed E-state index contributed by atoms with van der Waals surface area (Å²) in [5, 5.41) is 3.65. The molecule has 0 saturated carbocycles. The molecular weight excluding hydrogens is 492 g/mol. The number of sulfonamides is 1. The molecule has 0 unspecified atom stereocenters. The molecular formula is C25H27ClN2O4S2. The maximum atomic E-state index is 12.6. The van der Waals surface area contributed by atoms with E-state index in [1.54, 1.807) is 43.1 Å². The smallest absolute Gasteiger partial charge is 0.232 e. The van der Waals surface area contributed by atoms with E-state index in [1.165, 1.54) is 4.31 Å². The third-order valence-electron chi connectivity index (χ3n) is 4.99. The highest BCUT2D eigenvalue weighted by atomic mass is 35.5. The second-order valence-electron chi connectivity index (χ2n) is 7.60. The number of benzene rings is 3. The number of thioether (sulfide) groups is 1. The van der Waals surface area contributed by atoms with Crippen molar-refractivity contribution in [2.75, 3.05) is 29.5 Å². The van der Waals surface area contributed by atoms with Crippen molar-refractivity contribution in [3.63, 3.8) is 0 Å². The highest BCUT2D eigenvalue weighted by Gasteiger charge is 2.18. The lowest BCUT2D eigenvalue weighted by Gasteiger charge is -2.22. The lowest BCUT2D eigenvalue weighted by molar-refractivity contribution is -0.116. The van der Waals surface area contributed by atoms with Gasteiger partial charge in [0.1, 0.15) is 5.75 Å². The zero-order valence-electron chi connectivity index (χ0n) is 19.0. The van der Waals surface area contributed by atoms with E-state index >= 15 is 0 Å². The molecule has 0 bridgehead atoms. The van der Waals surface area contributed by atoms with E-state index in [9.17, 15) is 13.2 Å². The van der Waals surface area contributed by atoms with Crippen LogP contribution < -0.4 is 14.4 Å². The minimum absolute atomic E-state index is 0.164. The Morgan fingerprint density at radius 1 is 1.03 bits per heavy atom. The average molecular weight is 519 g/mol. The van der Waals surface area contributed by atoms with Crippen LogP contribution >= 0.6 is 23.4 Å². The number of nitrogens with one attached hydrogen (secondary N) is 1. The third-order valence-corrected chi connectivity index (χ3v) is 7.59. The van der Waals surface area contributed by atoms with Gasteiger partial charge in [0, 0.05) is 28.6 Å². The molecule has 0 aliphatic carbocycles. The number of ether oxygens (including phenoxy) is 1. The SMILES string of the molecule is COc1ccc(N(CCCC(=O)Nc2ccccc2SCc2ccc(Cl)cc2)S(C)(=O)=O)cc1. The Morgan fingerprint density at radius 2 is 1.71 bits per heavy atom. The van der Waals surface area contributed by atoms with Crippen molar-refractivity contribution in [2.24, 2.45) is 0 Å². The standard InChI is InChI=1S/C25H27ClN2O4S2/c1-32-22-15-13-21(14-16-22)28(34(2,30)31)17-5-8-25(29)27-23-6-3-4-7-24(23)33-18-19-9-11-20(26)12-10-19/h3-4,6-7,9-16H,5,8,17-18H2,1-2H3,(H,27,29). The Morgan fingerprint density at radius 3 is 2.35 bits per heavy atom. The van der Waals surface area contributed by atoms with Crippen molar-refractivity contribution in [1.29, 1.82) is 0 Å². The van der Waals surface area contributed by atoms with Gasteiger partial charge in [0.15, 0.2) is 0 Å². The van der Waals surface area contributed by atoms with Crippen LogP contribution in [-0.4, -0.2) is 34.2 Å². The Labute approximate surface area is 210 Å². The molecule has 0 heterocycles. The van der Waals surface area contributed by atoms with Gasteiger partial charge in [-0.15, -0.1) is 11.8 Å². The first-order valence-electron chi connectivity index (χ1n) is 10.6. The zero-order chi connectivity index (χ0) is 24.6. The maximum absolute atomic E-state index is 12.6. The monoisotopic (exact) mass is 518 g/mol. The van der Waals surface area contributed by atoms with Crippen LogP contribution in [0.25, 0.3) is 0 Å². The molecule has 0 aliphatic rings. The lowest BCUT2D eigenvalue weighted by Crippen LogP contribution is -2.31. The van der Waals surface area contributed by atoms with Crippen molar-refractivity contribution >= 4 is 50.7 Å². The molecule has 0 atom stereocenters. The molecule has 0 radical (unpaired) electrons. The quantitative estimate of drug-likeness (QED) is 0.323. The van der Waals surface area contributed by atoms with Gasteiger partial charge < -0.3 is 10.1 Å². The van der Waals surface area contributed by atoms with Gasteiger partial charge in [-0.05, 0) is 60.5 Å². The van der Waals surface area contributed by atoms with E-state index in [0.29, 0.717) is 22.9 Å². The van der Waals surface area contributed by atoms with Crippen molar-refractivity contribution in [1.82, 2.24) is 0 Å². The Bertz CT molecular complexity index is 1200. The number of nitrogens with zero attached hydrogens (tertiary/aromatic N) is 1. The molecule has 0 aliphatic heterocycles. The van der Waals surface area contributed by atoms with Gasteiger partial charge in [0.05, 0.1) is 24.7 Å². The topological polar surface area (TPSA) is 75.7 Å². The Kier molecular flexibility index (Phi) is 9.27. The molecule has 180 valence electrons. The maximum Gasteiger partial charge on any atom is 0.232 e. The molecule has 9 heteroatoms. The summed E-state index contributed by atoms with van der Waals surface area (Å²) >= 11 is 7.57. The fourth-order valence-electron chi connectivity index (χ4n) is 3.27. The van der Waals surface area contributed by atoms with Crippen molar-refractivity contribution in [3.8, 4) is 5.75 Å². The second-order valence-corrected chi connectivity index (χ2v) is 11.0. The van der Waals surface area contributed by atoms with Crippen LogP contribution in [0, 0.1) is 0 Å². The van der Waals surface area contributed by atoms with Gasteiger partial charge >= 0.3 is 0 Å². The third kappa shape index (κ3) is 7.68. The molecule has 0 spiro atoms. The normalized spacial score (nSPS) is 11.1. The van der Waals surface area contributed by atoms with Gasteiger partial charge in [-0.1, -0.05) is 35.9 Å². The van der Waals surface area contributed by atoms with E-state index in [0.717, 1.165) is 28.2 Å². The van der Waals surface area contributed by atoms with Gasteiger partial charge in [-0.2, -0.15) is 0 Å². The molecule has 34 heavy (non-hydrogen) atoms. The number of hydrogen-bond donors (Lipinski definition) is 1. The molecule has 0 saturated heterocycles. The predicted molar refractivity (Wildman–Crippen MR) is 141 cm³/mol. The first-order chi connectivity index (χ1) is 16.3. The van der Waals surface area contributed by atoms with Gasteiger partial charge in [0.2, 0.25) is 15.9 Å². The molecule has 3 rings (SSSR count). The van der Waals surface area contributed by atoms with E-state index in [1.807, 2.05) is 48.5 Å². The first kappa shape index (κ1) is 25.9. The Balaban J connectivity index is 1.57. The summed E-state index contributed by atoms with van der Waals surface area (Å²) < 4.78 is 31.0. The Hall–Kier alpha value is -2.68. The average Bonchev–Trinajstić information content (AvgIpc) is 2.82. The second kappa shape index (κ2) is 12.1. The fraction of sp³-hybridized carbons (Fsp3) is 0.240. The number of methoxy groups -OCH3 is 1. The van der Waals surface area contributed by atoms with E-state index in [-0.39, 0.29) is 18.9 Å². The largest absolute Gasteiger partial charge is 0.497 e. The number of amides is 1. The molecule has 1 amide bonds. The number of halogens is 1. The van der Waals surface area contributed by atoms with Crippen LogP contribution in [0.4, 0.5) is 11.4 Å². The molecule has 1 N–H and O–H groups in total. The minimum Gasteiger partial charge on any atom is -0.497 e. The van der Waals surface area contributed by atoms with Crippen molar-refractivity contribution < 1.29 is 17.9 Å². The number of carbonyl (C=O) groups is 1. The van der Waals surface area contributed by atoms with E-state index < -0.39 is 10.0 Å². The van der Waals surface area contributed by atoms with Crippen LogP contribution in [-0.2, 0) is 20.6 Å². The summed E-state index contributed by atoms with van der Waals surface area (Å²) in [4.78, 5) is 13.6. The van der Waals surface area contributed by atoms with E-state index in [2.05, 4.69) is 5.32 Å². The van der Waals surface area contributed by atoms with Crippen LogP contribution in [0.5, 0.6) is 5.75 Å². The lowest BCUT2D eigenvalue weighted by atomic mass is 10.2. The van der Waals surface area contributed by atoms with Gasteiger partial charge in [-0.25, -0.2) is 8.42 Å². The highest BCUT2D eigenvalue weighted by Crippen LogP contribution is 2.30. The molecule has 3 aromatic carbocycles. The summed E-state index contributed by atoms with van der Waals surface area (Å²) in [6.45, 7) is 0.200. The molecule has 0 aromatic heterocycles. The highest BCUT2D eigenvalue weighted by molar-refractivity contribution is 7.98. The van der Waals surface area contributed by atoms with Crippen LogP contribution in [0.3, 0.4) is 0 Å². The fourth-order valence-corrected chi connectivity index (χ4v) is 5.32. The summed E-state index contributed by atoms with van der Waals surface area (Å²) in [6, 6.07) is 22.1. The first-order valence-corrected chi connectivity index (χ1v) is 13.9. The van der Waals surface area contributed by atoms with Crippen LogP contribution in [0.1, 0.15) is 18.4 Å². The summed E-state index contributed by atoms with van der Waals surface area (Å²) in [5.41, 5.74) is 2.41. The van der Waals surface area contributed by atoms with Crippen LogP contribution in [0.2, 0.25) is 5.02 Å². The summed E-state index contributed by atoms with van der Waals surface area (Å²) in [5.74, 6) is 1.22. The number of rotatable bonds is 11. The summed E-state index contributed by atoms with van der Waals surface area (Å²) in [7, 11) is -1.94. The number of para-hydroxylation sites is 1. The molecule has 0 fully saturated rings. The van der Waals surface area contributed by atoms with E-state index in [4.69, 9.17) is 16.3 Å². The number of carbonyl (C=O) groups excluding carboxylic acids is 1. The van der Waals surface area contributed by atoms with Gasteiger partial charge in [-0.3, -0.25) is 9.10 Å². The number of anilines is 2. The van der Waals surface area contributed by atoms with Crippen molar-refractivity contribution in [3.05, 3.63) is 83.4 Å². The number of hydrogen-bond acceptors (Lipinski definition) is 5. The van der Waals surface area contributed by atoms with Gasteiger partial charge in [0.25, 0.3) is 0 Å². The molecule has 6 nitrogen and oxygen atoms in total. The minimum atomic E-state index is -3.49. The zero-order valence-corrected chi connectivity index (χ0v) is 21.4. The molecule has 3 aromatic rings. The van der Waals surface area contributed by atoms with Crippen LogP contribution in [0.15, 0.2) is 77.7 Å². The summed E-state index contributed by atoms with van der Waals surface area (Å²) in [6.07, 6.45) is 1.73. The predicted octanol–water partition coefficient (Wildman–Crippen LogP) is 5.83. The van der Waals surface area contributed by atoms with Crippen molar-refractivity contribution in [2.45, 2.75) is 23.5 Å².